The van der Waals surface area contributed by atoms with Gasteiger partial charge in [0.1, 0.15) is 0 Å². The van der Waals surface area contributed by atoms with E-state index in [9.17, 15) is 0 Å². The van der Waals surface area contributed by atoms with E-state index in [0.29, 0.717) is 17.8 Å². The van der Waals surface area contributed by atoms with E-state index in [2.05, 4.69) is 108 Å². The Morgan fingerprint density at radius 3 is 1.46 bits per heavy atom. The number of nitrogens with zero attached hydrogens (tertiary/aromatic N) is 3. The molecule has 3 nitrogen and oxygen atoms in total. The first-order valence-corrected chi connectivity index (χ1v) is 12.6. The summed E-state index contributed by atoms with van der Waals surface area (Å²) in [6.07, 6.45) is 1.97. The lowest BCUT2D eigenvalue weighted by Gasteiger charge is -2.10. The molecule has 0 atom stereocenters. The first-order valence-electron chi connectivity index (χ1n) is 12.6. The maximum absolute atomic E-state index is 4.53. The average molecular weight is 478 g/mol. The van der Waals surface area contributed by atoms with E-state index >= 15 is 0 Å². The van der Waals surface area contributed by atoms with Gasteiger partial charge >= 0.3 is 0 Å². The highest BCUT2D eigenvalue weighted by Gasteiger charge is 2.05. The topological polar surface area (TPSA) is 38.7 Å². The van der Waals surface area contributed by atoms with Gasteiger partial charge in [-0.1, -0.05) is 55.0 Å². The monoisotopic (exact) mass is 477 g/mol. The van der Waals surface area contributed by atoms with Gasteiger partial charge in [0.2, 0.25) is 0 Å². The molecule has 0 saturated carbocycles. The van der Waals surface area contributed by atoms with Gasteiger partial charge < -0.3 is 0 Å². The molecule has 0 bridgehead atoms. The Balaban J connectivity index is 0.000000489. The van der Waals surface area contributed by atoms with Gasteiger partial charge in [0.15, 0.2) is 0 Å². The Morgan fingerprint density at radius 2 is 1.06 bits per heavy atom. The molecule has 0 aliphatic carbocycles. The van der Waals surface area contributed by atoms with E-state index in [4.69, 9.17) is 0 Å². The van der Waals surface area contributed by atoms with E-state index in [1.165, 1.54) is 39.2 Å². The highest BCUT2D eigenvalue weighted by Crippen LogP contribution is 2.18. The molecular formula is C32H51N3. The lowest BCUT2D eigenvalue weighted by atomic mass is 10.0. The number of aryl methyl sites for hydroxylation is 6. The zero-order valence-electron chi connectivity index (χ0n) is 24.0. The van der Waals surface area contributed by atoms with Crippen LogP contribution in [0.3, 0.4) is 0 Å². The molecule has 194 valence electrons. The van der Waals surface area contributed by atoms with Gasteiger partial charge in [-0.05, 0) is 112 Å². The van der Waals surface area contributed by atoms with Crippen LogP contribution in [-0.2, 0) is 0 Å². The Hall–Kier alpha value is -2.55. The molecule has 35 heavy (non-hydrogen) atoms. The number of pyridine rings is 3. The van der Waals surface area contributed by atoms with Crippen molar-refractivity contribution in [1.29, 1.82) is 0 Å². The molecule has 0 amide bonds. The average Bonchev–Trinajstić information content (AvgIpc) is 2.73. The van der Waals surface area contributed by atoms with Crippen LogP contribution in [0.25, 0.3) is 0 Å². The summed E-state index contributed by atoms with van der Waals surface area (Å²) in [5.74, 6) is 1.72. The van der Waals surface area contributed by atoms with Crippen LogP contribution < -0.4 is 0 Å². The molecule has 0 N–H and O–H groups in total. The van der Waals surface area contributed by atoms with Crippen molar-refractivity contribution in [2.45, 2.75) is 115 Å². The van der Waals surface area contributed by atoms with Gasteiger partial charge in [-0.3, -0.25) is 15.0 Å². The molecule has 0 aromatic carbocycles. The van der Waals surface area contributed by atoms with E-state index in [1.54, 1.807) is 0 Å². The predicted molar refractivity (Wildman–Crippen MR) is 155 cm³/mol. The minimum absolute atomic E-state index is 0. The summed E-state index contributed by atoms with van der Waals surface area (Å²) in [6, 6.07) is 8.70. The van der Waals surface area contributed by atoms with Gasteiger partial charge in [0.05, 0.1) is 0 Å². The van der Waals surface area contributed by atoms with E-state index in [0.717, 1.165) is 17.1 Å². The van der Waals surface area contributed by atoms with Crippen LogP contribution in [0.5, 0.6) is 0 Å². The summed E-state index contributed by atoms with van der Waals surface area (Å²) in [5.41, 5.74) is 12.4. The van der Waals surface area contributed by atoms with Crippen LogP contribution in [0, 0.1) is 48.5 Å². The van der Waals surface area contributed by atoms with Crippen LogP contribution in [-0.4, -0.2) is 15.0 Å². The van der Waals surface area contributed by atoms with E-state index in [-0.39, 0.29) is 7.43 Å². The maximum Gasteiger partial charge on any atom is 0.0435 e. The second kappa shape index (κ2) is 14.8. The summed E-state index contributed by atoms with van der Waals surface area (Å²) in [6.45, 7) is 27.7. The first kappa shape index (κ1) is 32.5. The molecule has 3 rings (SSSR count). The van der Waals surface area contributed by atoms with Crippen molar-refractivity contribution >= 4 is 0 Å². The number of aromatic nitrogens is 3. The van der Waals surface area contributed by atoms with Gasteiger partial charge in [-0.15, -0.1) is 0 Å². The van der Waals surface area contributed by atoms with Gasteiger partial charge in [-0.2, -0.15) is 0 Å². The fourth-order valence-corrected chi connectivity index (χ4v) is 3.40. The summed E-state index contributed by atoms with van der Waals surface area (Å²) in [4.78, 5) is 13.1. The minimum atomic E-state index is 0. The third-order valence-electron chi connectivity index (χ3n) is 6.19. The van der Waals surface area contributed by atoms with Crippen molar-refractivity contribution in [2.24, 2.45) is 0 Å². The standard InChI is InChI=1S/C11H17N.2C10H15N.CH4/c1-7(2)11-6-8(3)9(4)10(5)12-11;1-7(2)10-5-8(3)9(4)11-6-10;1-7(2)10-5-8(3)11-9(4)6-10;/h6-7H,1-5H3;2*5-7H,1-4H3;1H4. The smallest absolute Gasteiger partial charge is 0.0435 e. The van der Waals surface area contributed by atoms with Crippen molar-refractivity contribution in [3.05, 3.63) is 86.7 Å². The highest BCUT2D eigenvalue weighted by molar-refractivity contribution is 5.30. The fourth-order valence-electron chi connectivity index (χ4n) is 3.40. The van der Waals surface area contributed by atoms with Crippen LogP contribution in [0.4, 0.5) is 0 Å². The summed E-state index contributed by atoms with van der Waals surface area (Å²) in [7, 11) is 0. The van der Waals surface area contributed by atoms with Crippen LogP contribution in [0.1, 0.15) is 123 Å². The maximum atomic E-state index is 4.53. The molecule has 0 fully saturated rings. The van der Waals surface area contributed by atoms with E-state index < -0.39 is 0 Å². The SMILES string of the molecule is C.Cc1cc(C(C)C)cc(C)n1.Cc1cc(C(C)C)cnc1C.Cc1cc(C(C)C)nc(C)c1C. The Labute approximate surface area is 216 Å². The molecule has 0 radical (unpaired) electrons. The second-order valence-corrected chi connectivity index (χ2v) is 10.4. The van der Waals surface area contributed by atoms with Crippen molar-refractivity contribution in [1.82, 2.24) is 15.0 Å². The van der Waals surface area contributed by atoms with Gasteiger partial charge in [0, 0.05) is 34.7 Å². The van der Waals surface area contributed by atoms with Crippen molar-refractivity contribution in [2.75, 3.05) is 0 Å². The van der Waals surface area contributed by atoms with Crippen molar-refractivity contribution in [3.63, 3.8) is 0 Å². The zero-order valence-corrected chi connectivity index (χ0v) is 24.0. The molecule has 3 heterocycles. The lowest BCUT2D eigenvalue weighted by Crippen LogP contribution is -1.98. The largest absolute Gasteiger partial charge is 0.261 e. The molecule has 0 saturated heterocycles. The first-order chi connectivity index (χ1) is 15.7. The normalized spacial score (nSPS) is 10.4. The van der Waals surface area contributed by atoms with Crippen LogP contribution in [0.15, 0.2) is 30.5 Å². The molecular weight excluding hydrogens is 426 g/mol. The Morgan fingerprint density at radius 1 is 0.543 bits per heavy atom. The van der Waals surface area contributed by atoms with E-state index in [1.807, 2.05) is 27.0 Å². The molecule has 3 aromatic heterocycles. The van der Waals surface area contributed by atoms with Crippen LogP contribution in [0.2, 0.25) is 0 Å². The Kier molecular flexibility index (Phi) is 13.7. The van der Waals surface area contributed by atoms with Gasteiger partial charge in [0.25, 0.3) is 0 Å². The summed E-state index contributed by atoms with van der Waals surface area (Å²) >= 11 is 0. The van der Waals surface area contributed by atoms with Crippen LogP contribution >= 0.6 is 0 Å². The molecule has 3 aromatic rings. The molecule has 0 spiro atoms. The quantitative estimate of drug-likeness (QED) is 0.377. The Bertz CT molecular complexity index is 1020. The van der Waals surface area contributed by atoms with Gasteiger partial charge in [-0.25, -0.2) is 0 Å². The predicted octanol–water partition coefficient (Wildman–Crippen LogP) is 9.41. The molecule has 0 aliphatic heterocycles. The third-order valence-corrected chi connectivity index (χ3v) is 6.19. The van der Waals surface area contributed by atoms with Crippen molar-refractivity contribution < 1.29 is 0 Å². The van der Waals surface area contributed by atoms with Crippen molar-refractivity contribution in [3.8, 4) is 0 Å². The zero-order chi connectivity index (χ0) is 26.2. The fraction of sp³-hybridized carbons (Fsp3) is 0.531. The third kappa shape index (κ3) is 10.7. The number of rotatable bonds is 3. The molecule has 3 heteroatoms. The lowest BCUT2D eigenvalue weighted by molar-refractivity contribution is 0.809. The summed E-state index contributed by atoms with van der Waals surface area (Å²) in [5, 5.41) is 0. The summed E-state index contributed by atoms with van der Waals surface area (Å²) < 4.78 is 0. The highest BCUT2D eigenvalue weighted by atomic mass is 14.7. The molecule has 0 unspecified atom stereocenters. The number of hydrogen-bond donors (Lipinski definition) is 0. The molecule has 0 aliphatic rings. The number of hydrogen-bond acceptors (Lipinski definition) is 3. The second-order valence-electron chi connectivity index (χ2n) is 10.4. The minimum Gasteiger partial charge on any atom is -0.261 e.